The van der Waals surface area contributed by atoms with Gasteiger partial charge in [-0.15, -0.1) is 24.8 Å². The molecule has 8 heteroatoms. The zero-order valence-corrected chi connectivity index (χ0v) is 17.5. The number of piperidine rings is 1. The van der Waals surface area contributed by atoms with E-state index in [0.29, 0.717) is 12.0 Å². The lowest BCUT2D eigenvalue weighted by molar-refractivity contribution is -0.123. The number of rotatable bonds is 6. The van der Waals surface area contributed by atoms with Gasteiger partial charge in [0.05, 0.1) is 12.6 Å². The number of likely N-dealkylation sites (tertiary alicyclic amines) is 1. The summed E-state index contributed by atoms with van der Waals surface area (Å²) < 4.78 is 2.25. The van der Waals surface area contributed by atoms with Gasteiger partial charge in [0.25, 0.3) is 0 Å². The minimum Gasteiger partial charge on any atom is -0.354 e. The first kappa shape index (κ1) is 23.2. The van der Waals surface area contributed by atoms with Crippen LogP contribution in [0.1, 0.15) is 51.4 Å². The Morgan fingerprint density at radius 2 is 2.15 bits per heavy atom. The van der Waals surface area contributed by atoms with Crippen molar-refractivity contribution in [1.82, 2.24) is 25.1 Å². The molecule has 150 valence electrons. The number of hydrogen-bond acceptors (Lipinski definition) is 4. The molecule has 0 aliphatic carbocycles. The third-order valence-electron chi connectivity index (χ3n) is 5.22. The van der Waals surface area contributed by atoms with E-state index in [4.69, 9.17) is 0 Å². The van der Waals surface area contributed by atoms with Crippen LogP contribution in [-0.4, -0.2) is 52.6 Å². The summed E-state index contributed by atoms with van der Waals surface area (Å²) in [4.78, 5) is 19.2. The molecule has 2 aliphatic rings. The molecule has 0 spiro atoms. The summed E-state index contributed by atoms with van der Waals surface area (Å²) >= 11 is 0. The van der Waals surface area contributed by atoms with Crippen LogP contribution in [0.4, 0.5) is 0 Å². The molecule has 2 fully saturated rings. The van der Waals surface area contributed by atoms with Gasteiger partial charge in [-0.25, -0.2) is 4.98 Å². The molecule has 1 aromatic rings. The Hall–Kier alpha value is -0.820. The van der Waals surface area contributed by atoms with Crippen molar-refractivity contribution in [2.75, 3.05) is 26.2 Å². The fourth-order valence-corrected chi connectivity index (χ4v) is 3.87. The molecule has 1 amide bonds. The van der Waals surface area contributed by atoms with Gasteiger partial charge >= 0.3 is 0 Å². The van der Waals surface area contributed by atoms with Crippen LogP contribution in [0.2, 0.25) is 0 Å². The number of halogens is 2. The van der Waals surface area contributed by atoms with Crippen molar-refractivity contribution in [3.05, 3.63) is 18.2 Å². The quantitative estimate of drug-likeness (QED) is 0.762. The van der Waals surface area contributed by atoms with Gasteiger partial charge in [-0.2, -0.15) is 0 Å². The minimum atomic E-state index is 0. The number of aromatic nitrogens is 2. The van der Waals surface area contributed by atoms with Crippen molar-refractivity contribution in [2.45, 2.75) is 58.2 Å². The molecule has 2 N–H and O–H groups in total. The van der Waals surface area contributed by atoms with Crippen LogP contribution in [-0.2, 0) is 11.3 Å². The predicted molar refractivity (Wildman–Crippen MR) is 109 cm³/mol. The molecule has 0 saturated carbocycles. The van der Waals surface area contributed by atoms with Crippen molar-refractivity contribution >= 4 is 30.7 Å². The van der Waals surface area contributed by atoms with E-state index in [2.05, 4.69) is 45.1 Å². The maximum atomic E-state index is 12.1. The van der Waals surface area contributed by atoms with Gasteiger partial charge in [0.15, 0.2) is 0 Å². The normalized spacial score (nSPS) is 23.3. The topological polar surface area (TPSA) is 62.2 Å². The summed E-state index contributed by atoms with van der Waals surface area (Å²) in [5.74, 6) is 1.87. The standard InChI is InChI=1S/C18H31N5O.2ClH/c1-14(2)23-10-8-20-17(23)13-22-9-4-5-15(12-22)11-21-18(24)16-6-3-7-19-16;;/h8,10,14-16,19H,3-7,9,11-13H2,1-2H3,(H,21,24);2*1H. The molecule has 3 rings (SSSR count). The fourth-order valence-electron chi connectivity index (χ4n) is 3.87. The van der Waals surface area contributed by atoms with Gasteiger partial charge in [-0.1, -0.05) is 0 Å². The molecular weight excluding hydrogens is 373 g/mol. The molecule has 2 unspecified atom stereocenters. The highest BCUT2D eigenvalue weighted by molar-refractivity contribution is 5.85. The third kappa shape index (κ3) is 6.12. The highest BCUT2D eigenvalue weighted by atomic mass is 35.5. The number of amides is 1. The Labute approximate surface area is 169 Å². The van der Waals surface area contributed by atoms with Gasteiger partial charge in [0.1, 0.15) is 5.82 Å². The summed E-state index contributed by atoms with van der Waals surface area (Å²) in [5.41, 5.74) is 0. The number of nitrogens with one attached hydrogen (secondary N) is 2. The molecular formula is C18H33Cl2N5O. The Morgan fingerprint density at radius 1 is 1.35 bits per heavy atom. The molecule has 6 nitrogen and oxygen atoms in total. The van der Waals surface area contributed by atoms with E-state index in [1.165, 1.54) is 12.8 Å². The lowest BCUT2D eigenvalue weighted by atomic mass is 9.98. The van der Waals surface area contributed by atoms with E-state index < -0.39 is 0 Å². The van der Waals surface area contributed by atoms with Crippen LogP contribution in [0.25, 0.3) is 0 Å². The average molecular weight is 406 g/mol. The highest BCUT2D eigenvalue weighted by Gasteiger charge is 2.25. The van der Waals surface area contributed by atoms with Crippen LogP contribution >= 0.6 is 24.8 Å². The van der Waals surface area contributed by atoms with Crippen LogP contribution in [0.3, 0.4) is 0 Å². The molecule has 3 heterocycles. The smallest absolute Gasteiger partial charge is 0.237 e. The first-order valence-electron chi connectivity index (χ1n) is 9.38. The molecule has 2 aliphatic heterocycles. The minimum absolute atomic E-state index is 0. The fraction of sp³-hybridized carbons (Fsp3) is 0.778. The Kier molecular flexibility index (Phi) is 9.93. The number of carbonyl (C=O) groups excluding carboxylic acids is 1. The molecule has 0 bridgehead atoms. The molecule has 2 saturated heterocycles. The lowest BCUT2D eigenvalue weighted by Crippen LogP contribution is -2.45. The summed E-state index contributed by atoms with van der Waals surface area (Å²) in [6.07, 6.45) is 8.44. The van der Waals surface area contributed by atoms with Gasteiger partial charge < -0.3 is 15.2 Å². The second kappa shape index (κ2) is 11.1. The van der Waals surface area contributed by atoms with Crippen LogP contribution in [0.5, 0.6) is 0 Å². The molecule has 1 aromatic heterocycles. The molecule has 0 aromatic carbocycles. The lowest BCUT2D eigenvalue weighted by Gasteiger charge is -2.33. The highest BCUT2D eigenvalue weighted by Crippen LogP contribution is 2.19. The number of hydrogen-bond donors (Lipinski definition) is 2. The van der Waals surface area contributed by atoms with Crippen LogP contribution in [0, 0.1) is 5.92 Å². The largest absolute Gasteiger partial charge is 0.354 e. The second-order valence-corrected chi connectivity index (χ2v) is 7.48. The summed E-state index contributed by atoms with van der Waals surface area (Å²) in [6, 6.07) is 0.476. The summed E-state index contributed by atoms with van der Waals surface area (Å²) in [6.45, 7) is 9.22. The van der Waals surface area contributed by atoms with E-state index in [9.17, 15) is 4.79 Å². The van der Waals surface area contributed by atoms with Crippen molar-refractivity contribution in [3.8, 4) is 0 Å². The number of carbonyl (C=O) groups is 1. The van der Waals surface area contributed by atoms with Crippen molar-refractivity contribution in [3.63, 3.8) is 0 Å². The Bertz CT molecular complexity index is 545. The van der Waals surface area contributed by atoms with Crippen molar-refractivity contribution in [2.24, 2.45) is 5.92 Å². The van der Waals surface area contributed by atoms with E-state index in [-0.39, 0.29) is 36.8 Å². The predicted octanol–water partition coefficient (Wildman–Crippen LogP) is 2.39. The second-order valence-electron chi connectivity index (χ2n) is 7.48. The molecule has 26 heavy (non-hydrogen) atoms. The average Bonchev–Trinajstić information content (AvgIpc) is 3.24. The monoisotopic (exact) mass is 405 g/mol. The van der Waals surface area contributed by atoms with Gasteiger partial charge in [0.2, 0.25) is 5.91 Å². The van der Waals surface area contributed by atoms with Crippen molar-refractivity contribution < 1.29 is 4.79 Å². The summed E-state index contributed by atoms with van der Waals surface area (Å²) in [5, 5.41) is 6.42. The van der Waals surface area contributed by atoms with Crippen molar-refractivity contribution in [1.29, 1.82) is 0 Å². The molecule has 2 atom stereocenters. The Balaban J connectivity index is 0.00000169. The SMILES string of the molecule is CC(C)n1ccnc1CN1CCCC(CNC(=O)C2CCCN2)C1.Cl.Cl. The van der Waals surface area contributed by atoms with Crippen LogP contribution in [0.15, 0.2) is 12.4 Å². The van der Waals surface area contributed by atoms with Gasteiger partial charge in [-0.3, -0.25) is 9.69 Å². The van der Waals surface area contributed by atoms with Gasteiger partial charge in [-0.05, 0) is 58.5 Å². The Morgan fingerprint density at radius 3 is 2.85 bits per heavy atom. The first-order chi connectivity index (χ1) is 11.6. The zero-order chi connectivity index (χ0) is 16.9. The van der Waals surface area contributed by atoms with Crippen LogP contribution < -0.4 is 10.6 Å². The van der Waals surface area contributed by atoms with Gasteiger partial charge in [0, 0.05) is 31.5 Å². The number of nitrogens with zero attached hydrogens (tertiary/aromatic N) is 3. The first-order valence-corrected chi connectivity index (χ1v) is 9.38. The third-order valence-corrected chi connectivity index (χ3v) is 5.22. The van der Waals surface area contributed by atoms with E-state index >= 15 is 0 Å². The van der Waals surface area contributed by atoms with E-state index in [1.54, 1.807) is 0 Å². The van der Waals surface area contributed by atoms with E-state index in [1.807, 2.05) is 6.20 Å². The number of imidazole rings is 1. The zero-order valence-electron chi connectivity index (χ0n) is 15.8. The van der Waals surface area contributed by atoms with E-state index in [0.717, 1.165) is 51.4 Å². The molecule has 0 radical (unpaired) electrons. The maximum absolute atomic E-state index is 12.1. The summed E-state index contributed by atoms with van der Waals surface area (Å²) in [7, 11) is 0. The maximum Gasteiger partial charge on any atom is 0.237 e.